The van der Waals surface area contributed by atoms with E-state index in [4.69, 9.17) is 0 Å². The molecule has 0 amide bonds. The molecule has 0 spiro atoms. The van der Waals surface area contributed by atoms with E-state index in [0.29, 0.717) is 0 Å². The molecule has 0 N–H and O–H groups in total. The van der Waals surface area contributed by atoms with Gasteiger partial charge in [-0.1, -0.05) is 119 Å². The Kier molecular flexibility index (Phi) is 17.2. The van der Waals surface area contributed by atoms with Crippen LogP contribution >= 0.6 is 0 Å². The molecule has 0 heterocycles. The van der Waals surface area contributed by atoms with Crippen LogP contribution in [-0.4, -0.2) is 0 Å². The van der Waals surface area contributed by atoms with Crippen LogP contribution in [0.4, 0.5) is 13.2 Å². The molecule has 0 saturated heterocycles. The van der Waals surface area contributed by atoms with Crippen LogP contribution in [0, 0.1) is 91.5 Å². The van der Waals surface area contributed by atoms with E-state index in [1.807, 2.05) is 13.0 Å². The average molecular weight is 859 g/mol. The summed E-state index contributed by atoms with van der Waals surface area (Å²) in [6.45, 7) is 12.7. The highest BCUT2D eigenvalue weighted by atomic mass is 19.1. The molecule has 3 aromatic carbocycles. The van der Waals surface area contributed by atoms with E-state index in [2.05, 4.69) is 76.3 Å². The van der Waals surface area contributed by atoms with Crippen LogP contribution in [-0.2, 0) is 0 Å². The Morgan fingerprint density at radius 1 is 0.365 bits per heavy atom. The quantitative estimate of drug-likeness (QED) is 0.232. The average Bonchev–Trinajstić information content (AvgIpc) is 3.31. The fraction of sp³-hybridized carbons (Fsp3) is 0.600. The van der Waals surface area contributed by atoms with E-state index >= 15 is 0 Å². The number of hydrogen-bond donors (Lipinski definition) is 0. The van der Waals surface area contributed by atoms with E-state index < -0.39 is 11.6 Å². The second-order valence-corrected chi connectivity index (χ2v) is 21.7. The van der Waals surface area contributed by atoms with Gasteiger partial charge in [0.2, 0.25) is 0 Å². The molecule has 3 saturated carbocycles. The molecule has 0 aromatic heterocycles. The minimum Gasteiger partial charge on any atom is -0.207 e. The molecule has 0 nitrogen and oxygen atoms in total. The van der Waals surface area contributed by atoms with Crippen molar-refractivity contribution in [2.45, 2.75) is 176 Å². The number of aryl methyl sites for hydroxylation is 2. The van der Waals surface area contributed by atoms with Crippen LogP contribution in [0.5, 0.6) is 0 Å². The van der Waals surface area contributed by atoms with Crippen LogP contribution in [0.2, 0.25) is 0 Å². The van der Waals surface area contributed by atoms with Crippen molar-refractivity contribution in [1.29, 1.82) is 0 Å². The van der Waals surface area contributed by atoms with E-state index in [0.717, 1.165) is 94.8 Å². The number of allylic oxidation sites excluding steroid dienone is 6. The highest BCUT2D eigenvalue weighted by Gasteiger charge is 2.30. The van der Waals surface area contributed by atoms with Gasteiger partial charge in [-0.15, -0.1) is 0 Å². The van der Waals surface area contributed by atoms with Crippen LogP contribution < -0.4 is 0 Å². The Morgan fingerprint density at radius 2 is 0.714 bits per heavy atom. The van der Waals surface area contributed by atoms with Gasteiger partial charge in [0, 0.05) is 5.56 Å². The smallest absolute Gasteiger partial charge is 0.129 e. The third-order valence-corrected chi connectivity index (χ3v) is 17.2. The number of hydrogen-bond acceptors (Lipinski definition) is 0. The minimum atomic E-state index is -0.431. The molecule has 6 aliphatic carbocycles. The van der Waals surface area contributed by atoms with E-state index in [1.54, 1.807) is 11.6 Å². The number of benzene rings is 3. The van der Waals surface area contributed by atoms with Crippen LogP contribution in [0.3, 0.4) is 0 Å². The summed E-state index contributed by atoms with van der Waals surface area (Å²) in [5.41, 5.74) is 9.56. The molecule has 0 radical (unpaired) electrons. The summed E-state index contributed by atoms with van der Waals surface area (Å²) in [5, 5.41) is 0. The maximum absolute atomic E-state index is 13.7. The summed E-state index contributed by atoms with van der Waals surface area (Å²) in [7, 11) is 0. The van der Waals surface area contributed by atoms with Gasteiger partial charge in [-0.25, -0.2) is 13.2 Å². The summed E-state index contributed by atoms with van der Waals surface area (Å²) in [4.78, 5) is 0. The molecule has 6 aliphatic rings. The SMILES string of the molecule is Cc1c(F)cc(C2=CCC(C3CCC(C)CC3)CC2)cc1F.Cc1ccc(C2=CCC(C3CCC(C)CC3)CC2)cc1.Cc1ccc(C2=CCC(C3CCC(C)CC3)CC2)cc1F. The van der Waals surface area contributed by atoms with Gasteiger partial charge >= 0.3 is 0 Å². The first kappa shape index (κ1) is 47.6. The number of rotatable bonds is 6. The Balaban J connectivity index is 0.000000142. The molecule has 9 rings (SSSR count). The van der Waals surface area contributed by atoms with Gasteiger partial charge in [0.1, 0.15) is 17.5 Å². The standard InChI is InChI=1S/C20H26F2.C20H27F.C20H28/c1-13-3-5-15(6-4-13)16-7-9-17(10-8-16)18-11-19(21)14(2)20(22)12-18;1-14-3-6-16(7-4-14)17-9-11-18(12-10-17)19-8-5-15(2)20(21)13-19;1-15-3-7-17(8-4-15)19-11-13-20(14-12-19)18-9-5-16(2)6-10-18/h9,11-13,15-16H,3-8,10H2,1-2H3;5,8,11,13-14,16-17H,3-4,6-7,9-10,12H2,1-2H3;3-4,7-8,11,16,18,20H,5-6,9-10,12-14H2,1-2H3. The van der Waals surface area contributed by atoms with Gasteiger partial charge in [-0.2, -0.15) is 0 Å². The van der Waals surface area contributed by atoms with Crippen molar-refractivity contribution in [2.75, 3.05) is 0 Å². The summed E-state index contributed by atoms with van der Waals surface area (Å²) >= 11 is 0. The predicted molar refractivity (Wildman–Crippen MR) is 263 cm³/mol. The first-order chi connectivity index (χ1) is 30.4. The highest BCUT2D eigenvalue weighted by Crippen LogP contribution is 2.44. The molecule has 0 bridgehead atoms. The van der Waals surface area contributed by atoms with E-state index in [9.17, 15) is 13.2 Å². The van der Waals surface area contributed by atoms with Crippen LogP contribution in [0.25, 0.3) is 16.7 Å². The minimum absolute atomic E-state index is 0.0724. The summed E-state index contributed by atoms with van der Waals surface area (Å²) in [6.07, 6.45) is 35.1. The molecule has 63 heavy (non-hydrogen) atoms. The molecule has 3 atom stereocenters. The zero-order valence-electron chi connectivity index (χ0n) is 40.1. The Bertz CT molecular complexity index is 1990. The Hall–Kier alpha value is -3.33. The molecular weight excluding hydrogens is 778 g/mol. The van der Waals surface area contributed by atoms with Crippen molar-refractivity contribution in [1.82, 2.24) is 0 Å². The van der Waals surface area contributed by atoms with Gasteiger partial charge in [-0.3, -0.25) is 0 Å². The fourth-order valence-corrected chi connectivity index (χ4v) is 12.3. The first-order valence-electron chi connectivity index (χ1n) is 25.8. The molecule has 342 valence electrons. The molecular formula is C60H81F3. The largest absolute Gasteiger partial charge is 0.207 e. The Morgan fingerprint density at radius 3 is 1.08 bits per heavy atom. The van der Waals surface area contributed by atoms with Gasteiger partial charge < -0.3 is 0 Å². The fourth-order valence-electron chi connectivity index (χ4n) is 12.3. The van der Waals surface area contributed by atoms with Gasteiger partial charge in [0.05, 0.1) is 0 Å². The van der Waals surface area contributed by atoms with Crippen molar-refractivity contribution in [3.8, 4) is 0 Å². The topological polar surface area (TPSA) is 0 Å². The van der Waals surface area contributed by atoms with Crippen molar-refractivity contribution in [3.63, 3.8) is 0 Å². The van der Waals surface area contributed by atoms with Crippen molar-refractivity contribution >= 4 is 16.7 Å². The lowest BCUT2D eigenvalue weighted by molar-refractivity contribution is 0.202. The summed E-state index contributed by atoms with van der Waals surface area (Å²) in [5.74, 6) is 7.31. The van der Waals surface area contributed by atoms with E-state index in [1.165, 1.54) is 151 Å². The summed E-state index contributed by atoms with van der Waals surface area (Å²) in [6, 6.07) is 17.7. The monoisotopic (exact) mass is 859 g/mol. The maximum atomic E-state index is 13.7. The van der Waals surface area contributed by atoms with Crippen LogP contribution in [0.1, 0.15) is 189 Å². The lowest BCUT2D eigenvalue weighted by Crippen LogP contribution is -2.22. The molecule has 3 unspecified atom stereocenters. The lowest BCUT2D eigenvalue weighted by Gasteiger charge is -2.34. The van der Waals surface area contributed by atoms with Crippen LogP contribution in [0.15, 0.2) is 72.8 Å². The number of halogens is 3. The highest BCUT2D eigenvalue weighted by molar-refractivity contribution is 5.68. The lowest BCUT2D eigenvalue weighted by atomic mass is 9.71. The van der Waals surface area contributed by atoms with Crippen molar-refractivity contribution in [2.24, 2.45) is 53.3 Å². The zero-order chi connectivity index (χ0) is 44.5. The normalized spacial score (nSPS) is 30.0. The molecule has 3 fully saturated rings. The molecule has 0 aliphatic heterocycles. The summed E-state index contributed by atoms with van der Waals surface area (Å²) < 4.78 is 41.2. The van der Waals surface area contributed by atoms with Crippen molar-refractivity contribution < 1.29 is 13.2 Å². The maximum Gasteiger partial charge on any atom is 0.129 e. The molecule has 3 heteroatoms. The molecule has 3 aromatic rings. The van der Waals surface area contributed by atoms with Gasteiger partial charge in [0.15, 0.2) is 0 Å². The van der Waals surface area contributed by atoms with E-state index in [-0.39, 0.29) is 11.4 Å². The second kappa shape index (κ2) is 22.7. The van der Waals surface area contributed by atoms with Crippen molar-refractivity contribution in [3.05, 3.63) is 124 Å². The second-order valence-electron chi connectivity index (χ2n) is 21.7. The first-order valence-corrected chi connectivity index (χ1v) is 25.8. The van der Waals surface area contributed by atoms with Gasteiger partial charge in [-0.05, 0) is 228 Å². The predicted octanol–water partition coefficient (Wildman–Crippen LogP) is 18.4. The Labute approximate surface area is 381 Å². The van der Waals surface area contributed by atoms with Gasteiger partial charge in [0.25, 0.3) is 0 Å². The zero-order valence-corrected chi connectivity index (χ0v) is 40.1. The third-order valence-electron chi connectivity index (χ3n) is 17.2. The third kappa shape index (κ3) is 13.2.